The molecular formula is C17H25ClN2O. The maximum atomic E-state index is 12.5. The zero-order chi connectivity index (χ0) is 15.2. The first-order chi connectivity index (χ1) is 10.1. The van der Waals surface area contributed by atoms with Crippen molar-refractivity contribution in [1.29, 1.82) is 0 Å². The Labute approximate surface area is 132 Å². The van der Waals surface area contributed by atoms with Crippen LogP contribution in [0.3, 0.4) is 0 Å². The molecular weight excluding hydrogens is 284 g/mol. The highest BCUT2D eigenvalue weighted by Crippen LogP contribution is 2.27. The van der Waals surface area contributed by atoms with Gasteiger partial charge in [-0.15, -0.1) is 0 Å². The van der Waals surface area contributed by atoms with Crippen LogP contribution >= 0.6 is 11.6 Å². The van der Waals surface area contributed by atoms with Crippen LogP contribution in [0.15, 0.2) is 24.3 Å². The van der Waals surface area contributed by atoms with Gasteiger partial charge >= 0.3 is 0 Å². The van der Waals surface area contributed by atoms with E-state index in [9.17, 15) is 4.79 Å². The Hall–Kier alpha value is -1.06. The third-order valence-electron chi connectivity index (χ3n) is 4.54. The van der Waals surface area contributed by atoms with Gasteiger partial charge in [-0.25, -0.2) is 0 Å². The van der Waals surface area contributed by atoms with Gasteiger partial charge in [0.1, 0.15) is 0 Å². The van der Waals surface area contributed by atoms with Crippen LogP contribution in [0.1, 0.15) is 50.5 Å². The van der Waals surface area contributed by atoms with Crippen molar-refractivity contribution in [3.05, 3.63) is 34.9 Å². The topological polar surface area (TPSA) is 55.1 Å². The van der Waals surface area contributed by atoms with Crippen LogP contribution in [-0.2, 0) is 4.79 Å². The molecule has 1 saturated carbocycles. The maximum absolute atomic E-state index is 12.5. The van der Waals surface area contributed by atoms with Crippen molar-refractivity contribution in [2.24, 2.45) is 11.7 Å². The standard InChI is InChI=1S/C17H25ClN2O/c1-12(14-8-5-9-15(18)10-14)17(21)20-16(11-19)13-6-3-2-4-7-13/h5,8-10,12-13,16H,2-4,6-7,11,19H2,1H3,(H,20,21). The van der Waals surface area contributed by atoms with Crippen molar-refractivity contribution in [3.63, 3.8) is 0 Å². The van der Waals surface area contributed by atoms with Crippen LogP contribution in [0.2, 0.25) is 5.02 Å². The van der Waals surface area contributed by atoms with Crippen LogP contribution in [-0.4, -0.2) is 18.5 Å². The van der Waals surface area contributed by atoms with Crippen molar-refractivity contribution in [2.45, 2.75) is 51.0 Å². The Morgan fingerprint density at radius 3 is 2.71 bits per heavy atom. The summed E-state index contributed by atoms with van der Waals surface area (Å²) in [6.45, 7) is 2.42. The summed E-state index contributed by atoms with van der Waals surface area (Å²) in [6.07, 6.45) is 6.16. The Bertz CT molecular complexity index is 472. The fourth-order valence-electron chi connectivity index (χ4n) is 3.14. The van der Waals surface area contributed by atoms with Gasteiger partial charge in [-0.3, -0.25) is 4.79 Å². The predicted octanol–water partition coefficient (Wildman–Crippen LogP) is 3.47. The van der Waals surface area contributed by atoms with Gasteiger partial charge < -0.3 is 11.1 Å². The van der Waals surface area contributed by atoms with E-state index in [1.807, 2.05) is 31.2 Å². The number of hydrogen-bond acceptors (Lipinski definition) is 2. The van der Waals surface area contributed by atoms with E-state index in [0.717, 1.165) is 5.56 Å². The summed E-state index contributed by atoms with van der Waals surface area (Å²) in [6, 6.07) is 7.58. The van der Waals surface area contributed by atoms with Crippen LogP contribution in [0.25, 0.3) is 0 Å². The van der Waals surface area contributed by atoms with Crippen molar-refractivity contribution in [2.75, 3.05) is 6.54 Å². The first kappa shape index (κ1) is 16.3. The SMILES string of the molecule is CC(C(=O)NC(CN)C1CCCCC1)c1cccc(Cl)c1. The molecule has 0 bridgehead atoms. The highest BCUT2D eigenvalue weighted by Gasteiger charge is 2.26. The number of hydrogen-bond donors (Lipinski definition) is 2. The summed E-state index contributed by atoms with van der Waals surface area (Å²) >= 11 is 6.00. The second-order valence-corrected chi connectivity index (χ2v) is 6.46. The molecule has 0 radical (unpaired) electrons. The second kappa shape index (κ2) is 7.81. The quantitative estimate of drug-likeness (QED) is 0.875. The van der Waals surface area contributed by atoms with Crippen molar-refractivity contribution in [3.8, 4) is 0 Å². The molecule has 0 aliphatic heterocycles. The van der Waals surface area contributed by atoms with Crippen molar-refractivity contribution >= 4 is 17.5 Å². The number of halogens is 1. The minimum atomic E-state index is -0.207. The molecule has 116 valence electrons. The largest absolute Gasteiger partial charge is 0.351 e. The molecule has 3 N–H and O–H groups in total. The molecule has 0 aromatic heterocycles. The lowest BCUT2D eigenvalue weighted by Gasteiger charge is -2.31. The Morgan fingerprint density at radius 1 is 1.38 bits per heavy atom. The average Bonchev–Trinajstić information content (AvgIpc) is 2.52. The fourth-order valence-corrected chi connectivity index (χ4v) is 3.34. The highest BCUT2D eigenvalue weighted by molar-refractivity contribution is 6.30. The fraction of sp³-hybridized carbons (Fsp3) is 0.588. The maximum Gasteiger partial charge on any atom is 0.227 e. The molecule has 0 saturated heterocycles. The third kappa shape index (κ3) is 4.45. The van der Waals surface area contributed by atoms with Gasteiger partial charge in [-0.1, -0.05) is 43.0 Å². The van der Waals surface area contributed by atoms with E-state index in [-0.39, 0.29) is 17.9 Å². The summed E-state index contributed by atoms with van der Waals surface area (Å²) in [7, 11) is 0. The normalized spacial score (nSPS) is 19.0. The van der Waals surface area contributed by atoms with Gasteiger partial charge in [0.2, 0.25) is 5.91 Å². The molecule has 1 aliphatic rings. The van der Waals surface area contributed by atoms with Crippen LogP contribution in [0.4, 0.5) is 0 Å². The summed E-state index contributed by atoms with van der Waals surface area (Å²) in [5.41, 5.74) is 6.82. The van der Waals surface area contributed by atoms with Crippen LogP contribution in [0, 0.1) is 5.92 Å². The van der Waals surface area contributed by atoms with Gasteiger partial charge in [0.25, 0.3) is 0 Å². The van der Waals surface area contributed by atoms with E-state index in [2.05, 4.69) is 5.32 Å². The minimum Gasteiger partial charge on any atom is -0.351 e. The molecule has 1 fully saturated rings. The molecule has 0 spiro atoms. The number of benzene rings is 1. The van der Waals surface area contributed by atoms with E-state index in [4.69, 9.17) is 17.3 Å². The zero-order valence-corrected chi connectivity index (χ0v) is 13.4. The number of amides is 1. The van der Waals surface area contributed by atoms with Gasteiger partial charge in [-0.05, 0) is 43.4 Å². The monoisotopic (exact) mass is 308 g/mol. The second-order valence-electron chi connectivity index (χ2n) is 6.03. The average molecular weight is 309 g/mol. The number of rotatable bonds is 5. The van der Waals surface area contributed by atoms with Crippen molar-refractivity contribution in [1.82, 2.24) is 5.32 Å². The first-order valence-electron chi connectivity index (χ1n) is 7.87. The molecule has 1 aromatic carbocycles. The van der Waals surface area contributed by atoms with Crippen LogP contribution in [0.5, 0.6) is 0 Å². The molecule has 1 amide bonds. The summed E-state index contributed by atoms with van der Waals surface area (Å²) in [5.74, 6) is 0.360. The number of nitrogens with one attached hydrogen (secondary N) is 1. The lowest BCUT2D eigenvalue weighted by molar-refractivity contribution is -0.123. The predicted molar refractivity (Wildman–Crippen MR) is 87.4 cm³/mol. The van der Waals surface area contributed by atoms with Gasteiger partial charge in [0, 0.05) is 17.6 Å². The molecule has 4 heteroatoms. The van der Waals surface area contributed by atoms with E-state index < -0.39 is 0 Å². The molecule has 1 aromatic rings. The third-order valence-corrected chi connectivity index (χ3v) is 4.78. The summed E-state index contributed by atoms with van der Waals surface area (Å²) in [4.78, 5) is 12.5. The highest BCUT2D eigenvalue weighted by atomic mass is 35.5. The Balaban J connectivity index is 1.98. The zero-order valence-electron chi connectivity index (χ0n) is 12.6. The van der Waals surface area contributed by atoms with Crippen LogP contribution < -0.4 is 11.1 Å². The van der Waals surface area contributed by atoms with Crippen molar-refractivity contribution < 1.29 is 4.79 Å². The molecule has 3 nitrogen and oxygen atoms in total. The van der Waals surface area contributed by atoms with Gasteiger partial charge in [-0.2, -0.15) is 0 Å². The van der Waals surface area contributed by atoms with E-state index >= 15 is 0 Å². The Kier molecular flexibility index (Phi) is 6.07. The van der Waals surface area contributed by atoms with Gasteiger partial charge in [0.05, 0.1) is 5.92 Å². The van der Waals surface area contributed by atoms with E-state index in [1.54, 1.807) is 0 Å². The lowest BCUT2D eigenvalue weighted by atomic mass is 9.83. The number of carbonyl (C=O) groups is 1. The molecule has 2 unspecified atom stereocenters. The molecule has 2 rings (SSSR count). The minimum absolute atomic E-state index is 0.0401. The smallest absolute Gasteiger partial charge is 0.227 e. The van der Waals surface area contributed by atoms with Gasteiger partial charge in [0.15, 0.2) is 0 Å². The summed E-state index contributed by atoms with van der Waals surface area (Å²) in [5, 5.41) is 3.81. The Morgan fingerprint density at radius 2 is 2.10 bits per heavy atom. The molecule has 1 aliphatic carbocycles. The van der Waals surface area contributed by atoms with E-state index in [1.165, 1.54) is 32.1 Å². The first-order valence-corrected chi connectivity index (χ1v) is 8.25. The molecule has 2 atom stereocenters. The van der Waals surface area contributed by atoms with E-state index in [0.29, 0.717) is 17.5 Å². The molecule has 0 heterocycles. The lowest BCUT2D eigenvalue weighted by Crippen LogP contribution is -2.47. The number of nitrogens with two attached hydrogens (primary N) is 1. The summed E-state index contributed by atoms with van der Waals surface area (Å²) < 4.78 is 0. The molecule has 21 heavy (non-hydrogen) atoms. The number of carbonyl (C=O) groups excluding carboxylic acids is 1.